The number of fused-ring (bicyclic) bond motifs is 1. The third kappa shape index (κ3) is 3.06. The highest BCUT2D eigenvalue weighted by atomic mass is 16.5. The maximum Gasteiger partial charge on any atom is 0.244 e. The summed E-state index contributed by atoms with van der Waals surface area (Å²) in [6.07, 6.45) is 3.47. The van der Waals surface area contributed by atoms with E-state index in [0.29, 0.717) is 11.4 Å². The molecule has 1 aromatic carbocycles. The number of amides is 3. The number of carbonyl (C=O) groups is 3. The van der Waals surface area contributed by atoms with Crippen molar-refractivity contribution >= 4 is 23.4 Å². The smallest absolute Gasteiger partial charge is 0.244 e. The van der Waals surface area contributed by atoms with Crippen LogP contribution < -0.4 is 10.1 Å². The molecule has 0 bridgehead atoms. The lowest BCUT2D eigenvalue weighted by molar-refractivity contribution is -0.142. The van der Waals surface area contributed by atoms with Gasteiger partial charge in [-0.05, 0) is 37.1 Å². The first-order valence-electron chi connectivity index (χ1n) is 7.89. The standard InChI is InChI=1S/C17H20N2O4/c1-23-12-8-6-11(7-9-12)18-15(20)10-19-16(21)13-4-2-3-5-14(13)17(19)22/h6-9,13-14H,2-5,10H2,1H3,(H,18,20)/t13-,14-/m0/s1. The SMILES string of the molecule is COc1ccc(NC(=O)CN2C(=O)[C@H]3CCCC[C@@H]3C2=O)cc1. The number of nitrogens with one attached hydrogen (secondary N) is 1. The minimum absolute atomic E-state index is 0.190. The molecular formula is C17H20N2O4. The molecule has 1 saturated carbocycles. The van der Waals surface area contributed by atoms with Gasteiger partial charge in [0, 0.05) is 5.69 Å². The van der Waals surface area contributed by atoms with Crippen LogP contribution in [0.3, 0.4) is 0 Å². The Kier molecular flexibility index (Phi) is 4.32. The first-order chi connectivity index (χ1) is 11.1. The van der Waals surface area contributed by atoms with Crippen LogP contribution in [0.4, 0.5) is 5.69 Å². The van der Waals surface area contributed by atoms with E-state index in [-0.39, 0.29) is 36.1 Å². The fraction of sp³-hybridized carbons (Fsp3) is 0.471. The molecular weight excluding hydrogens is 296 g/mol. The molecule has 1 N–H and O–H groups in total. The first-order valence-corrected chi connectivity index (χ1v) is 7.89. The van der Waals surface area contributed by atoms with E-state index in [9.17, 15) is 14.4 Å². The molecule has 1 heterocycles. The number of benzene rings is 1. The van der Waals surface area contributed by atoms with Gasteiger partial charge in [-0.15, -0.1) is 0 Å². The van der Waals surface area contributed by atoms with E-state index in [1.54, 1.807) is 31.4 Å². The normalized spacial score (nSPS) is 23.6. The van der Waals surface area contributed by atoms with Crippen molar-refractivity contribution in [2.24, 2.45) is 11.8 Å². The number of ether oxygens (including phenoxy) is 1. The number of nitrogens with zero attached hydrogens (tertiary/aromatic N) is 1. The highest BCUT2D eigenvalue weighted by Crippen LogP contribution is 2.37. The fourth-order valence-electron chi connectivity index (χ4n) is 3.41. The largest absolute Gasteiger partial charge is 0.497 e. The van der Waals surface area contributed by atoms with Crippen LogP contribution in [0.25, 0.3) is 0 Å². The quantitative estimate of drug-likeness (QED) is 0.860. The fourth-order valence-corrected chi connectivity index (χ4v) is 3.41. The molecule has 0 aromatic heterocycles. The van der Waals surface area contributed by atoms with Crippen molar-refractivity contribution in [1.82, 2.24) is 4.90 Å². The third-order valence-electron chi connectivity index (χ3n) is 4.61. The lowest BCUT2D eigenvalue weighted by Crippen LogP contribution is -2.38. The monoisotopic (exact) mass is 316 g/mol. The average Bonchev–Trinajstić information content (AvgIpc) is 2.81. The van der Waals surface area contributed by atoms with Crippen molar-refractivity contribution < 1.29 is 19.1 Å². The summed E-state index contributed by atoms with van der Waals surface area (Å²) in [4.78, 5) is 37.9. The van der Waals surface area contributed by atoms with Crippen LogP contribution >= 0.6 is 0 Å². The van der Waals surface area contributed by atoms with Gasteiger partial charge in [-0.2, -0.15) is 0 Å². The summed E-state index contributed by atoms with van der Waals surface area (Å²) in [5.74, 6) is -0.489. The molecule has 1 aromatic rings. The van der Waals surface area contributed by atoms with E-state index < -0.39 is 0 Å². The number of methoxy groups -OCH3 is 1. The molecule has 6 nitrogen and oxygen atoms in total. The lowest BCUT2D eigenvalue weighted by atomic mass is 9.81. The second-order valence-electron chi connectivity index (χ2n) is 6.04. The van der Waals surface area contributed by atoms with Crippen LogP contribution in [-0.4, -0.2) is 36.3 Å². The van der Waals surface area contributed by atoms with Gasteiger partial charge in [-0.25, -0.2) is 0 Å². The second-order valence-corrected chi connectivity index (χ2v) is 6.04. The predicted octanol–water partition coefficient (Wildman–Crippen LogP) is 1.81. The van der Waals surface area contributed by atoms with Crippen molar-refractivity contribution in [3.8, 4) is 5.75 Å². The number of carbonyl (C=O) groups excluding carboxylic acids is 3. The Morgan fingerprint density at radius 3 is 2.22 bits per heavy atom. The van der Waals surface area contributed by atoms with Gasteiger partial charge in [0.1, 0.15) is 12.3 Å². The van der Waals surface area contributed by atoms with Gasteiger partial charge in [-0.1, -0.05) is 12.8 Å². The van der Waals surface area contributed by atoms with Crippen molar-refractivity contribution in [2.75, 3.05) is 19.0 Å². The Bertz CT molecular complexity index is 602. The van der Waals surface area contributed by atoms with Gasteiger partial charge < -0.3 is 10.1 Å². The number of anilines is 1. The van der Waals surface area contributed by atoms with E-state index >= 15 is 0 Å². The molecule has 0 radical (unpaired) electrons. The summed E-state index contributed by atoms with van der Waals surface area (Å²) in [5.41, 5.74) is 0.604. The van der Waals surface area contributed by atoms with E-state index in [4.69, 9.17) is 4.74 Å². The second kappa shape index (κ2) is 6.40. The van der Waals surface area contributed by atoms with Crippen molar-refractivity contribution in [3.05, 3.63) is 24.3 Å². The number of likely N-dealkylation sites (tertiary alicyclic amines) is 1. The Labute approximate surface area is 134 Å². The maximum atomic E-state index is 12.3. The Morgan fingerprint density at radius 1 is 1.13 bits per heavy atom. The highest BCUT2D eigenvalue weighted by Gasteiger charge is 2.48. The van der Waals surface area contributed by atoms with E-state index in [0.717, 1.165) is 30.6 Å². The summed E-state index contributed by atoms with van der Waals surface area (Å²) in [6, 6.07) is 6.89. The summed E-state index contributed by atoms with van der Waals surface area (Å²) in [7, 11) is 1.57. The molecule has 122 valence electrons. The minimum Gasteiger partial charge on any atom is -0.497 e. The van der Waals surface area contributed by atoms with E-state index in [2.05, 4.69) is 5.32 Å². The molecule has 6 heteroatoms. The molecule has 0 unspecified atom stereocenters. The van der Waals surface area contributed by atoms with Gasteiger partial charge in [-0.3, -0.25) is 19.3 Å². The van der Waals surface area contributed by atoms with Gasteiger partial charge in [0.05, 0.1) is 18.9 Å². The topological polar surface area (TPSA) is 75.7 Å². The summed E-state index contributed by atoms with van der Waals surface area (Å²) >= 11 is 0. The summed E-state index contributed by atoms with van der Waals surface area (Å²) < 4.78 is 5.05. The molecule has 3 amide bonds. The zero-order valence-corrected chi connectivity index (χ0v) is 13.1. The highest BCUT2D eigenvalue weighted by molar-refractivity contribution is 6.08. The zero-order chi connectivity index (χ0) is 16.4. The van der Waals surface area contributed by atoms with Crippen LogP contribution in [0, 0.1) is 11.8 Å². The van der Waals surface area contributed by atoms with Crippen molar-refractivity contribution in [2.45, 2.75) is 25.7 Å². The number of imide groups is 1. The number of hydrogen-bond donors (Lipinski definition) is 1. The lowest BCUT2D eigenvalue weighted by Gasteiger charge is -2.19. The molecule has 2 aliphatic rings. The van der Waals surface area contributed by atoms with Crippen molar-refractivity contribution in [3.63, 3.8) is 0 Å². The molecule has 3 rings (SSSR count). The minimum atomic E-state index is -0.365. The third-order valence-corrected chi connectivity index (χ3v) is 4.61. The van der Waals surface area contributed by atoms with Gasteiger partial charge in [0.2, 0.25) is 17.7 Å². The zero-order valence-electron chi connectivity index (χ0n) is 13.1. The molecule has 1 saturated heterocycles. The van der Waals surface area contributed by atoms with Crippen LogP contribution in [0.1, 0.15) is 25.7 Å². The van der Waals surface area contributed by atoms with Crippen LogP contribution in [0.15, 0.2) is 24.3 Å². The predicted molar refractivity (Wildman–Crippen MR) is 83.8 cm³/mol. The summed E-state index contributed by atoms with van der Waals surface area (Å²) in [5, 5.41) is 2.70. The Hall–Kier alpha value is -2.37. The van der Waals surface area contributed by atoms with E-state index in [1.165, 1.54) is 0 Å². The Morgan fingerprint density at radius 2 is 1.70 bits per heavy atom. The average molecular weight is 316 g/mol. The van der Waals surface area contributed by atoms with E-state index in [1.807, 2.05) is 0 Å². The van der Waals surface area contributed by atoms with Gasteiger partial charge in [0.25, 0.3) is 0 Å². The van der Waals surface area contributed by atoms with Crippen LogP contribution in [0.5, 0.6) is 5.75 Å². The molecule has 1 aliphatic carbocycles. The first kappa shape index (κ1) is 15.5. The van der Waals surface area contributed by atoms with Gasteiger partial charge in [0.15, 0.2) is 0 Å². The number of rotatable bonds is 4. The van der Waals surface area contributed by atoms with Gasteiger partial charge >= 0.3 is 0 Å². The van der Waals surface area contributed by atoms with Crippen LogP contribution in [-0.2, 0) is 14.4 Å². The van der Waals surface area contributed by atoms with Crippen molar-refractivity contribution in [1.29, 1.82) is 0 Å². The molecule has 2 fully saturated rings. The molecule has 1 aliphatic heterocycles. The maximum absolute atomic E-state index is 12.3. The molecule has 0 spiro atoms. The van der Waals surface area contributed by atoms with Crippen LogP contribution in [0.2, 0.25) is 0 Å². The molecule has 23 heavy (non-hydrogen) atoms. The molecule has 2 atom stereocenters. The summed E-state index contributed by atoms with van der Waals surface area (Å²) in [6.45, 7) is -0.212. The Balaban J connectivity index is 1.63. The number of hydrogen-bond acceptors (Lipinski definition) is 4.